The van der Waals surface area contributed by atoms with Crippen LogP contribution in [0.5, 0.6) is 0 Å². The van der Waals surface area contributed by atoms with Gasteiger partial charge >= 0.3 is 0 Å². The zero-order valence-electron chi connectivity index (χ0n) is 14.4. The lowest BCUT2D eigenvalue weighted by molar-refractivity contribution is -0.305. The first kappa shape index (κ1) is 19.6. The molecule has 1 amide bonds. The van der Waals surface area contributed by atoms with Crippen molar-refractivity contribution in [3.8, 4) is 0 Å². The molecule has 2 aromatic rings. The number of ketones is 1. The molecule has 1 fully saturated rings. The average molecular weight is 403 g/mol. The number of Topliss-reactive ketones (excluding diaryl/α,β-unsaturated/α-hetero) is 1. The van der Waals surface area contributed by atoms with Gasteiger partial charge in [0.15, 0.2) is 0 Å². The summed E-state index contributed by atoms with van der Waals surface area (Å²) in [5.74, 6) is -4.68. The molecule has 2 aromatic carbocycles. The van der Waals surface area contributed by atoms with Crippen LogP contribution in [-0.2, 0) is 14.4 Å². The van der Waals surface area contributed by atoms with Crippen LogP contribution in [0.3, 0.4) is 0 Å². The van der Waals surface area contributed by atoms with Gasteiger partial charge in [-0.3, -0.25) is 9.59 Å². The fourth-order valence-corrected chi connectivity index (χ4v) is 3.23. The van der Waals surface area contributed by atoms with Crippen LogP contribution in [0.1, 0.15) is 23.6 Å². The Morgan fingerprint density at radius 3 is 2.39 bits per heavy atom. The summed E-state index contributed by atoms with van der Waals surface area (Å²) in [4.78, 5) is 36.9. The maximum Gasteiger partial charge on any atom is 0.295 e. The van der Waals surface area contributed by atoms with Crippen LogP contribution >= 0.6 is 11.6 Å². The number of likely N-dealkylation sites (tertiary alicyclic amines) is 1. The summed E-state index contributed by atoms with van der Waals surface area (Å²) in [6.45, 7) is -0.372. The summed E-state index contributed by atoms with van der Waals surface area (Å²) in [5.41, 5.74) is -0.144. The lowest BCUT2D eigenvalue weighted by atomic mass is 9.95. The molecule has 1 saturated heterocycles. The average Bonchev–Trinajstić information content (AvgIpc) is 2.91. The number of benzene rings is 2. The van der Waals surface area contributed by atoms with Gasteiger partial charge in [0, 0.05) is 35.1 Å². The minimum atomic E-state index is -1.42. The van der Waals surface area contributed by atoms with Crippen molar-refractivity contribution in [2.24, 2.45) is 0 Å². The Bertz CT molecular complexity index is 986. The quantitative estimate of drug-likeness (QED) is 0.469. The molecule has 8 heteroatoms. The molecule has 0 spiro atoms. The van der Waals surface area contributed by atoms with Crippen LogP contribution in [0.2, 0.25) is 5.02 Å². The Labute approximate surface area is 164 Å². The maximum absolute atomic E-state index is 14.5. The van der Waals surface area contributed by atoms with Gasteiger partial charge in [0.2, 0.25) is 0 Å². The van der Waals surface area contributed by atoms with E-state index in [4.69, 9.17) is 11.6 Å². The molecule has 1 heterocycles. The summed E-state index contributed by atoms with van der Waals surface area (Å²) in [5, 5.41) is 21.9. The summed E-state index contributed by atoms with van der Waals surface area (Å²) in [7, 11) is 0. The number of aliphatic hydroxyl groups excluding tert-OH is 1. The number of rotatable bonds is 5. The number of aliphatic carboxylic acids is 1. The van der Waals surface area contributed by atoms with Gasteiger partial charge < -0.3 is 19.9 Å². The smallest absolute Gasteiger partial charge is 0.295 e. The second-order valence-corrected chi connectivity index (χ2v) is 6.58. The van der Waals surface area contributed by atoms with E-state index in [-0.39, 0.29) is 23.2 Å². The molecule has 0 radical (unpaired) electrons. The number of hydrogen-bond acceptors (Lipinski definition) is 5. The number of carboxylic acids is 1. The van der Waals surface area contributed by atoms with E-state index >= 15 is 0 Å². The Kier molecular flexibility index (Phi) is 5.46. The molecular weight excluding hydrogens is 389 g/mol. The normalized spacial score (nSPS) is 18.5. The number of carbonyl (C=O) groups excluding carboxylic acids is 3. The summed E-state index contributed by atoms with van der Waals surface area (Å²) < 4.78 is 14.5. The molecule has 28 heavy (non-hydrogen) atoms. The predicted octanol–water partition coefficient (Wildman–Crippen LogP) is 2.04. The van der Waals surface area contributed by atoms with Crippen LogP contribution in [0.15, 0.2) is 54.1 Å². The molecule has 1 N–H and O–H groups in total. The number of amides is 1. The number of nitrogens with zero attached hydrogens (tertiary/aromatic N) is 1. The van der Waals surface area contributed by atoms with Crippen molar-refractivity contribution < 1.29 is 29.0 Å². The first-order chi connectivity index (χ1) is 13.3. The van der Waals surface area contributed by atoms with Crippen molar-refractivity contribution in [1.29, 1.82) is 0 Å². The molecule has 0 saturated carbocycles. The van der Waals surface area contributed by atoms with Gasteiger partial charge in [-0.05, 0) is 30.3 Å². The van der Waals surface area contributed by atoms with Crippen LogP contribution in [0.25, 0.3) is 5.76 Å². The maximum atomic E-state index is 14.5. The van der Waals surface area contributed by atoms with Crippen LogP contribution < -0.4 is 5.11 Å². The highest BCUT2D eigenvalue weighted by atomic mass is 35.5. The van der Waals surface area contributed by atoms with E-state index in [2.05, 4.69) is 0 Å². The largest absolute Gasteiger partial charge is 0.550 e. The molecule has 6 nitrogen and oxygen atoms in total. The minimum Gasteiger partial charge on any atom is -0.550 e. The minimum absolute atomic E-state index is 0.0319. The van der Waals surface area contributed by atoms with Crippen molar-refractivity contribution in [2.45, 2.75) is 12.5 Å². The lowest BCUT2D eigenvalue weighted by Crippen LogP contribution is -2.35. The van der Waals surface area contributed by atoms with E-state index in [1.807, 2.05) is 0 Å². The van der Waals surface area contributed by atoms with Crippen LogP contribution in [0.4, 0.5) is 4.39 Å². The Morgan fingerprint density at radius 2 is 1.79 bits per heavy atom. The highest BCUT2D eigenvalue weighted by Gasteiger charge is 2.46. The number of hydrogen-bond donors (Lipinski definition) is 1. The topological polar surface area (TPSA) is 97.7 Å². The standard InChI is InChI=1S/C20H15ClFNO5/c21-12-7-5-11(6-8-12)18(26)16-17(13-3-1-2-4-14(13)22)23(10-9-15(24)25)20(28)19(16)27/h1-8,17,26H,9-10H2,(H,24,25)/p-1/b18-16+/t17-/m0/s1. The molecule has 1 aliphatic heterocycles. The van der Waals surface area contributed by atoms with E-state index in [0.29, 0.717) is 5.02 Å². The van der Waals surface area contributed by atoms with Gasteiger partial charge in [0.25, 0.3) is 11.7 Å². The Balaban J connectivity index is 2.18. The third-order valence-electron chi connectivity index (χ3n) is 4.41. The molecular formula is C20H14ClFNO5-. The molecule has 144 valence electrons. The first-order valence-electron chi connectivity index (χ1n) is 8.30. The molecule has 0 bridgehead atoms. The summed E-state index contributed by atoms with van der Waals surface area (Å²) in [6.07, 6.45) is -0.543. The highest BCUT2D eigenvalue weighted by molar-refractivity contribution is 6.46. The second-order valence-electron chi connectivity index (χ2n) is 6.14. The van der Waals surface area contributed by atoms with Crippen molar-refractivity contribution in [3.05, 3.63) is 76.1 Å². The highest BCUT2D eigenvalue weighted by Crippen LogP contribution is 2.40. The first-order valence-corrected chi connectivity index (χ1v) is 8.67. The van der Waals surface area contributed by atoms with Gasteiger partial charge in [-0.25, -0.2) is 4.39 Å². The zero-order valence-corrected chi connectivity index (χ0v) is 15.1. The van der Waals surface area contributed by atoms with Crippen molar-refractivity contribution in [1.82, 2.24) is 4.90 Å². The number of carbonyl (C=O) groups is 3. The zero-order chi connectivity index (χ0) is 20.4. The molecule has 0 unspecified atom stereocenters. The van der Waals surface area contributed by atoms with Crippen LogP contribution in [0, 0.1) is 5.82 Å². The predicted molar refractivity (Wildman–Crippen MR) is 96.5 cm³/mol. The third kappa shape index (κ3) is 3.61. The van der Waals surface area contributed by atoms with Crippen molar-refractivity contribution in [3.63, 3.8) is 0 Å². The fourth-order valence-electron chi connectivity index (χ4n) is 3.11. The van der Waals surface area contributed by atoms with Crippen LogP contribution in [-0.4, -0.2) is 34.2 Å². The SMILES string of the molecule is O=C([O-])CCN1C(=O)C(=O)/C(=C(/O)c2ccc(Cl)cc2)[C@@H]1c1ccccc1F. The van der Waals surface area contributed by atoms with Crippen molar-refractivity contribution >= 4 is 35.0 Å². The lowest BCUT2D eigenvalue weighted by Gasteiger charge is -2.25. The second kappa shape index (κ2) is 7.82. The number of halogens is 2. The molecule has 1 aliphatic rings. The van der Waals surface area contributed by atoms with Gasteiger partial charge in [0.05, 0.1) is 11.6 Å². The van der Waals surface area contributed by atoms with Gasteiger partial charge in [0.1, 0.15) is 11.6 Å². The van der Waals surface area contributed by atoms with Crippen molar-refractivity contribution in [2.75, 3.05) is 6.54 Å². The van der Waals surface area contributed by atoms with Gasteiger partial charge in [-0.15, -0.1) is 0 Å². The fraction of sp³-hybridized carbons (Fsp3) is 0.150. The third-order valence-corrected chi connectivity index (χ3v) is 4.67. The van der Waals surface area contributed by atoms with E-state index < -0.39 is 41.7 Å². The molecule has 3 rings (SSSR count). The number of carboxylic acid groups (broad SMARTS) is 1. The molecule has 0 aromatic heterocycles. The van der Waals surface area contributed by atoms with E-state index in [0.717, 1.165) is 11.0 Å². The van der Waals surface area contributed by atoms with E-state index in [1.165, 1.54) is 42.5 Å². The van der Waals surface area contributed by atoms with E-state index in [1.54, 1.807) is 0 Å². The number of aliphatic hydroxyl groups is 1. The summed E-state index contributed by atoms with van der Waals surface area (Å²) in [6, 6.07) is 10.1. The van der Waals surface area contributed by atoms with E-state index in [9.17, 15) is 29.0 Å². The van der Waals surface area contributed by atoms with Gasteiger partial charge in [-0.2, -0.15) is 0 Å². The van der Waals surface area contributed by atoms with Gasteiger partial charge in [-0.1, -0.05) is 29.8 Å². The summed E-state index contributed by atoms with van der Waals surface area (Å²) >= 11 is 5.83. The molecule has 0 aliphatic carbocycles. The Morgan fingerprint density at radius 1 is 1.14 bits per heavy atom. The monoisotopic (exact) mass is 402 g/mol. The Hall–Kier alpha value is -3.19. The molecule has 1 atom stereocenters.